The molecule has 0 heterocycles. The third-order valence-electron chi connectivity index (χ3n) is 4.19. The summed E-state index contributed by atoms with van der Waals surface area (Å²) in [6.45, 7) is 12.0. The van der Waals surface area contributed by atoms with Crippen LogP contribution in [0.5, 0.6) is 0 Å². The van der Waals surface area contributed by atoms with Crippen molar-refractivity contribution in [1.29, 1.82) is 0 Å². The number of rotatable bonds is 5. The minimum absolute atomic E-state index is 0.186. The Kier molecular flexibility index (Phi) is 4.80. The predicted molar refractivity (Wildman–Crippen MR) is 89.3 cm³/mol. The van der Waals surface area contributed by atoms with Crippen LogP contribution in [0.3, 0.4) is 0 Å². The van der Waals surface area contributed by atoms with Crippen LogP contribution < -0.4 is 5.32 Å². The Morgan fingerprint density at radius 3 is 2.60 bits per heavy atom. The van der Waals surface area contributed by atoms with Gasteiger partial charge in [-0.1, -0.05) is 43.6 Å². The first kappa shape index (κ1) is 15.8. The number of benzene rings is 1. The van der Waals surface area contributed by atoms with E-state index >= 15 is 0 Å². The molecule has 0 amide bonds. The first-order chi connectivity index (χ1) is 9.29. The Labute approximate surface area is 131 Å². The van der Waals surface area contributed by atoms with Crippen LogP contribution in [0.25, 0.3) is 0 Å². The van der Waals surface area contributed by atoms with E-state index in [0.29, 0.717) is 18.1 Å². The summed E-state index contributed by atoms with van der Waals surface area (Å²) in [5, 5.41) is 3.66. The second-order valence-corrected chi connectivity index (χ2v) is 7.90. The van der Waals surface area contributed by atoms with Gasteiger partial charge in [0.15, 0.2) is 0 Å². The lowest BCUT2D eigenvalue weighted by molar-refractivity contribution is -0.108. The van der Waals surface area contributed by atoms with E-state index in [0.717, 1.165) is 17.5 Å². The highest BCUT2D eigenvalue weighted by Crippen LogP contribution is 2.44. The molecule has 0 aromatic heterocycles. The number of halogens is 1. The number of nitrogens with one attached hydrogen (secondary N) is 1. The maximum absolute atomic E-state index is 6.02. The summed E-state index contributed by atoms with van der Waals surface area (Å²) in [7, 11) is 0. The van der Waals surface area contributed by atoms with Gasteiger partial charge in [-0.15, -0.1) is 0 Å². The zero-order valence-electron chi connectivity index (χ0n) is 13.2. The molecule has 1 N–H and O–H groups in total. The SMILES string of the molecule is Cc1cc(Br)cc(NC2CC(OCC(C)C)C2(C)C)c1. The van der Waals surface area contributed by atoms with Crippen LogP contribution in [-0.2, 0) is 4.74 Å². The summed E-state index contributed by atoms with van der Waals surface area (Å²) in [4.78, 5) is 0. The Morgan fingerprint density at radius 1 is 1.35 bits per heavy atom. The van der Waals surface area contributed by atoms with E-state index in [1.165, 1.54) is 11.3 Å². The average Bonchev–Trinajstić information content (AvgIpc) is 2.31. The molecule has 0 radical (unpaired) electrons. The molecule has 2 atom stereocenters. The lowest BCUT2D eigenvalue weighted by atomic mass is 9.64. The molecule has 112 valence electrons. The van der Waals surface area contributed by atoms with E-state index in [2.05, 4.69) is 74.1 Å². The van der Waals surface area contributed by atoms with Gasteiger partial charge in [0, 0.05) is 28.2 Å². The summed E-state index contributed by atoms with van der Waals surface area (Å²) in [6, 6.07) is 6.95. The molecule has 2 unspecified atom stereocenters. The molecular formula is C17H26BrNO. The topological polar surface area (TPSA) is 21.3 Å². The summed E-state index contributed by atoms with van der Waals surface area (Å²) in [6.07, 6.45) is 1.46. The lowest BCUT2D eigenvalue weighted by Gasteiger charge is -2.52. The Morgan fingerprint density at radius 2 is 2.05 bits per heavy atom. The maximum atomic E-state index is 6.02. The molecule has 20 heavy (non-hydrogen) atoms. The molecule has 0 bridgehead atoms. The van der Waals surface area contributed by atoms with Crippen molar-refractivity contribution in [2.24, 2.45) is 11.3 Å². The van der Waals surface area contributed by atoms with Gasteiger partial charge in [0.2, 0.25) is 0 Å². The summed E-state index contributed by atoms with van der Waals surface area (Å²) in [5.74, 6) is 0.602. The minimum Gasteiger partial charge on any atom is -0.382 e. The van der Waals surface area contributed by atoms with Gasteiger partial charge >= 0.3 is 0 Å². The smallest absolute Gasteiger partial charge is 0.0665 e. The van der Waals surface area contributed by atoms with Crippen LogP contribution in [0.2, 0.25) is 0 Å². The van der Waals surface area contributed by atoms with Crippen LogP contribution in [0, 0.1) is 18.3 Å². The van der Waals surface area contributed by atoms with Crippen molar-refractivity contribution in [2.45, 2.75) is 53.2 Å². The van der Waals surface area contributed by atoms with Crippen LogP contribution in [0.1, 0.15) is 39.7 Å². The molecule has 0 saturated heterocycles. The molecular weight excluding hydrogens is 314 g/mol. The third-order valence-corrected chi connectivity index (χ3v) is 4.65. The zero-order chi connectivity index (χ0) is 14.9. The number of anilines is 1. The maximum Gasteiger partial charge on any atom is 0.0665 e. The Hall–Kier alpha value is -0.540. The van der Waals surface area contributed by atoms with Crippen molar-refractivity contribution in [3.8, 4) is 0 Å². The molecule has 3 heteroatoms. The molecule has 2 nitrogen and oxygen atoms in total. The third kappa shape index (κ3) is 3.56. The zero-order valence-corrected chi connectivity index (χ0v) is 14.8. The van der Waals surface area contributed by atoms with Crippen molar-refractivity contribution in [3.63, 3.8) is 0 Å². The van der Waals surface area contributed by atoms with Crippen molar-refractivity contribution >= 4 is 21.6 Å². The van der Waals surface area contributed by atoms with E-state index in [4.69, 9.17) is 4.74 Å². The molecule has 0 aliphatic heterocycles. The van der Waals surface area contributed by atoms with Crippen LogP contribution in [0.4, 0.5) is 5.69 Å². The van der Waals surface area contributed by atoms with Gasteiger partial charge in [0.05, 0.1) is 6.10 Å². The lowest BCUT2D eigenvalue weighted by Crippen LogP contribution is -2.58. The molecule has 1 saturated carbocycles. The monoisotopic (exact) mass is 339 g/mol. The van der Waals surface area contributed by atoms with Gasteiger partial charge in [-0.05, 0) is 43.0 Å². The van der Waals surface area contributed by atoms with E-state index in [1.807, 2.05) is 0 Å². The highest BCUT2D eigenvalue weighted by molar-refractivity contribution is 9.10. The van der Waals surface area contributed by atoms with Gasteiger partial charge < -0.3 is 10.1 Å². The molecule has 1 aliphatic rings. The van der Waals surface area contributed by atoms with Crippen molar-refractivity contribution in [1.82, 2.24) is 0 Å². The Balaban J connectivity index is 1.95. The average molecular weight is 340 g/mol. The van der Waals surface area contributed by atoms with Crippen molar-refractivity contribution in [2.75, 3.05) is 11.9 Å². The molecule has 1 aliphatic carbocycles. The predicted octanol–water partition coefficient (Wildman–Crippen LogP) is 5.01. The van der Waals surface area contributed by atoms with Crippen molar-refractivity contribution < 1.29 is 4.74 Å². The van der Waals surface area contributed by atoms with E-state index in [-0.39, 0.29) is 5.41 Å². The van der Waals surface area contributed by atoms with E-state index in [9.17, 15) is 0 Å². The van der Waals surface area contributed by atoms with Crippen LogP contribution in [-0.4, -0.2) is 18.8 Å². The highest BCUT2D eigenvalue weighted by Gasteiger charge is 2.49. The second kappa shape index (κ2) is 6.07. The molecule has 0 spiro atoms. The fourth-order valence-electron chi connectivity index (χ4n) is 2.74. The first-order valence-corrected chi connectivity index (χ1v) is 8.23. The molecule has 2 rings (SSSR count). The van der Waals surface area contributed by atoms with Crippen LogP contribution in [0.15, 0.2) is 22.7 Å². The number of hydrogen-bond acceptors (Lipinski definition) is 2. The summed E-state index contributed by atoms with van der Waals surface area (Å²) >= 11 is 3.56. The Bertz CT molecular complexity index is 450. The van der Waals surface area contributed by atoms with Gasteiger partial charge in [-0.3, -0.25) is 0 Å². The normalized spacial score (nSPS) is 24.6. The second-order valence-electron chi connectivity index (χ2n) is 6.99. The van der Waals surface area contributed by atoms with Gasteiger partial charge in [0.1, 0.15) is 0 Å². The molecule has 1 aromatic carbocycles. The number of aryl methyl sites for hydroxylation is 1. The molecule has 1 fully saturated rings. The standard InChI is InChI=1S/C17H26BrNO/c1-11(2)10-20-16-9-15(17(16,4)5)19-14-7-12(3)6-13(18)8-14/h6-8,11,15-16,19H,9-10H2,1-5H3. The quantitative estimate of drug-likeness (QED) is 0.814. The van der Waals surface area contributed by atoms with Crippen molar-refractivity contribution in [3.05, 3.63) is 28.2 Å². The first-order valence-electron chi connectivity index (χ1n) is 7.44. The van der Waals surface area contributed by atoms with Gasteiger partial charge in [-0.25, -0.2) is 0 Å². The minimum atomic E-state index is 0.186. The largest absolute Gasteiger partial charge is 0.382 e. The van der Waals surface area contributed by atoms with Gasteiger partial charge in [0.25, 0.3) is 0 Å². The summed E-state index contributed by atoms with van der Waals surface area (Å²) < 4.78 is 7.15. The number of ether oxygens (including phenoxy) is 1. The van der Waals surface area contributed by atoms with E-state index < -0.39 is 0 Å². The van der Waals surface area contributed by atoms with E-state index in [1.54, 1.807) is 0 Å². The van der Waals surface area contributed by atoms with Crippen LogP contribution >= 0.6 is 15.9 Å². The number of hydrogen-bond donors (Lipinski definition) is 1. The highest BCUT2D eigenvalue weighted by atomic mass is 79.9. The molecule has 1 aromatic rings. The summed E-state index contributed by atoms with van der Waals surface area (Å²) in [5.41, 5.74) is 2.65. The fourth-order valence-corrected chi connectivity index (χ4v) is 3.35. The van der Waals surface area contributed by atoms with Gasteiger partial charge in [-0.2, -0.15) is 0 Å². The fraction of sp³-hybridized carbons (Fsp3) is 0.647.